The lowest BCUT2D eigenvalue weighted by Crippen LogP contribution is -2.52. The molecule has 1 saturated heterocycles. The number of alkyl halides is 3. The summed E-state index contributed by atoms with van der Waals surface area (Å²) in [6.07, 6.45) is -4.73. The lowest BCUT2D eigenvalue weighted by atomic mass is 10.0. The van der Waals surface area contributed by atoms with Crippen LogP contribution in [0.25, 0.3) is 0 Å². The average molecular weight is 289 g/mol. The lowest BCUT2D eigenvalue weighted by Gasteiger charge is -2.32. The summed E-state index contributed by atoms with van der Waals surface area (Å²) in [4.78, 5) is 11.6. The highest BCUT2D eigenvalue weighted by Gasteiger charge is 2.59. The van der Waals surface area contributed by atoms with Crippen molar-refractivity contribution in [2.75, 3.05) is 20.2 Å². The summed E-state index contributed by atoms with van der Waals surface area (Å²) in [7, 11) is 1.16. The smallest absolute Gasteiger partial charge is 0.429 e. The molecule has 1 N–H and O–H groups in total. The van der Waals surface area contributed by atoms with Crippen molar-refractivity contribution in [1.29, 1.82) is 0 Å². The lowest BCUT2D eigenvalue weighted by molar-refractivity contribution is -0.240. The van der Waals surface area contributed by atoms with Crippen LogP contribution in [0.3, 0.4) is 0 Å². The van der Waals surface area contributed by atoms with Crippen LogP contribution in [0.4, 0.5) is 13.2 Å². The number of methoxy groups -OCH3 is 1. The number of nitrogens with one attached hydrogen (secondary N) is 1. The highest BCUT2D eigenvalue weighted by molar-refractivity contribution is 5.92. The Morgan fingerprint density at radius 3 is 2.60 bits per heavy atom. The number of hydrogen-bond acceptors (Lipinski definition) is 4. The van der Waals surface area contributed by atoms with Gasteiger partial charge in [0.2, 0.25) is 5.60 Å². The number of halogens is 3. The zero-order chi connectivity index (χ0) is 14.8. The largest absolute Gasteiger partial charge is 0.475 e. The summed E-state index contributed by atoms with van der Waals surface area (Å²) in [5.74, 6) is -0.857. The minimum absolute atomic E-state index is 0.0227. The summed E-state index contributed by atoms with van der Waals surface area (Å²) in [6, 6.07) is 5.74. The van der Waals surface area contributed by atoms with E-state index in [9.17, 15) is 18.0 Å². The highest BCUT2D eigenvalue weighted by atomic mass is 19.4. The first-order valence-electron chi connectivity index (χ1n) is 6.03. The van der Waals surface area contributed by atoms with E-state index in [1.165, 1.54) is 24.3 Å². The molecule has 1 atom stereocenters. The van der Waals surface area contributed by atoms with Crippen LogP contribution in [-0.2, 0) is 4.74 Å². The van der Waals surface area contributed by atoms with Gasteiger partial charge in [0.25, 0.3) is 0 Å². The summed E-state index contributed by atoms with van der Waals surface area (Å²) >= 11 is 0. The zero-order valence-electron chi connectivity index (χ0n) is 10.8. The van der Waals surface area contributed by atoms with Gasteiger partial charge in [0, 0.05) is 13.0 Å². The fourth-order valence-corrected chi connectivity index (χ4v) is 2.10. The molecule has 1 fully saturated rings. The Hall–Kier alpha value is -1.76. The Morgan fingerprint density at radius 1 is 1.35 bits per heavy atom. The molecule has 4 nitrogen and oxygen atoms in total. The predicted octanol–water partition coefficient (Wildman–Crippen LogP) is 2.15. The zero-order valence-corrected chi connectivity index (χ0v) is 10.8. The van der Waals surface area contributed by atoms with Gasteiger partial charge in [-0.05, 0) is 18.7 Å². The van der Waals surface area contributed by atoms with Crippen LogP contribution >= 0.6 is 0 Å². The summed E-state index contributed by atoms with van der Waals surface area (Å²) < 4.78 is 49.4. The van der Waals surface area contributed by atoms with E-state index in [4.69, 9.17) is 4.74 Å². The second-order valence-corrected chi connectivity index (χ2v) is 4.51. The number of carbonyl (C=O) groups is 1. The van der Waals surface area contributed by atoms with Gasteiger partial charge in [0.1, 0.15) is 11.3 Å². The van der Waals surface area contributed by atoms with Gasteiger partial charge in [-0.2, -0.15) is 13.2 Å². The van der Waals surface area contributed by atoms with E-state index in [1.807, 2.05) is 0 Å². The number of para-hydroxylation sites is 1. The molecule has 1 aromatic rings. The van der Waals surface area contributed by atoms with Gasteiger partial charge in [-0.15, -0.1) is 0 Å². The van der Waals surface area contributed by atoms with Crippen LogP contribution in [-0.4, -0.2) is 37.9 Å². The first kappa shape index (κ1) is 14.6. The Balaban J connectivity index is 2.35. The molecule has 2 rings (SSSR count). The third-order valence-corrected chi connectivity index (χ3v) is 3.23. The van der Waals surface area contributed by atoms with Crippen molar-refractivity contribution in [3.05, 3.63) is 29.8 Å². The standard InChI is InChI=1S/C13H14F3NO3/c1-19-11(18)9-4-2-3-5-10(9)20-12(13(14,15)16)6-7-17-8-12/h2-5,17H,6-8H2,1H3. The van der Waals surface area contributed by atoms with Crippen molar-refractivity contribution in [3.8, 4) is 5.75 Å². The minimum Gasteiger partial charge on any atom is -0.475 e. The Labute approximate surface area is 113 Å². The number of hydrogen-bond donors (Lipinski definition) is 1. The molecule has 1 aliphatic rings. The van der Waals surface area contributed by atoms with Crippen molar-refractivity contribution < 1.29 is 27.4 Å². The number of carbonyl (C=O) groups excluding carboxylic acids is 1. The molecule has 0 aliphatic carbocycles. The molecule has 0 radical (unpaired) electrons. The van der Waals surface area contributed by atoms with Crippen molar-refractivity contribution in [1.82, 2.24) is 5.32 Å². The fraction of sp³-hybridized carbons (Fsp3) is 0.462. The van der Waals surface area contributed by atoms with Crippen molar-refractivity contribution in [2.24, 2.45) is 0 Å². The Morgan fingerprint density at radius 2 is 2.05 bits per heavy atom. The number of rotatable bonds is 3. The predicted molar refractivity (Wildman–Crippen MR) is 64.7 cm³/mol. The SMILES string of the molecule is COC(=O)c1ccccc1OC1(C(F)(F)F)CCNC1. The summed E-state index contributed by atoms with van der Waals surface area (Å²) in [6.45, 7) is -0.133. The second-order valence-electron chi connectivity index (χ2n) is 4.51. The maximum Gasteiger partial charge on any atom is 0.429 e. The topological polar surface area (TPSA) is 47.6 Å². The van der Waals surface area contributed by atoms with Crippen molar-refractivity contribution in [2.45, 2.75) is 18.2 Å². The first-order valence-corrected chi connectivity index (χ1v) is 6.03. The molecular formula is C13H14F3NO3. The van der Waals surface area contributed by atoms with E-state index in [1.54, 1.807) is 0 Å². The maximum absolute atomic E-state index is 13.2. The molecular weight excluding hydrogens is 275 g/mol. The van der Waals surface area contributed by atoms with Gasteiger partial charge in [-0.1, -0.05) is 12.1 Å². The van der Waals surface area contributed by atoms with E-state index >= 15 is 0 Å². The molecule has 0 saturated carbocycles. The van der Waals surface area contributed by atoms with Crippen LogP contribution in [0.2, 0.25) is 0 Å². The monoisotopic (exact) mass is 289 g/mol. The molecule has 0 aromatic heterocycles. The van der Waals surface area contributed by atoms with E-state index in [2.05, 4.69) is 10.1 Å². The second kappa shape index (κ2) is 5.32. The van der Waals surface area contributed by atoms with Gasteiger partial charge in [-0.3, -0.25) is 0 Å². The van der Waals surface area contributed by atoms with Crippen LogP contribution in [0.5, 0.6) is 5.75 Å². The molecule has 7 heteroatoms. The van der Waals surface area contributed by atoms with E-state index < -0.39 is 17.7 Å². The number of esters is 1. The number of ether oxygens (including phenoxy) is 2. The fourth-order valence-electron chi connectivity index (χ4n) is 2.10. The average Bonchev–Trinajstić information content (AvgIpc) is 2.88. The molecule has 1 aromatic carbocycles. The van der Waals surface area contributed by atoms with Gasteiger partial charge in [0.15, 0.2) is 0 Å². The summed E-state index contributed by atoms with van der Waals surface area (Å²) in [5.41, 5.74) is -2.33. The molecule has 1 unspecified atom stereocenters. The quantitative estimate of drug-likeness (QED) is 0.866. The molecule has 1 aliphatic heterocycles. The van der Waals surface area contributed by atoms with Gasteiger partial charge in [-0.25, -0.2) is 4.79 Å². The number of benzene rings is 1. The van der Waals surface area contributed by atoms with Crippen molar-refractivity contribution in [3.63, 3.8) is 0 Å². The van der Waals surface area contributed by atoms with E-state index in [0.717, 1.165) is 7.11 Å². The summed E-state index contributed by atoms with van der Waals surface area (Å²) in [5, 5.41) is 2.64. The highest BCUT2D eigenvalue weighted by Crippen LogP contribution is 2.39. The minimum atomic E-state index is -4.53. The van der Waals surface area contributed by atoms with Crippen LogP contribution in [0.15, 0.2) is 24.3 Å². The third kappa shape index (κ3) is 2.58. The molecule has 0 amide bonds. The molecule has 0 bridgehead atoms. The van der Waals surface area contributed by atoms with Gasteiger partial charge in [0.05, 0.1) is 7.11 Å². The first-order chi connectivity index (χ1) is 9.39. The van der Waals surface area contributed by atoms with Crippen LogP contribution in [0, 0.1) is 0 Å². The molecule has 110 valence electrons. The Kier molecular flexibility index (Phi) is 3.89. The normalized spacial score (nSPS) is 22.6. The third-order valence-electron chi connectivity index (χ3n) is 3.23. The van der Waals surface area contributed by atoms with E-state index in [-0.39, 0.29) is 30.8 Å². The Bertz CT molecular complexity index is 496. The van der Waals surface area contributed by atoms with Gasteiger partial charge < -0.3 is 14.8 Å². The maximum atomic E-state index is 13.2. The molecule has 0 spiro atoms. The van der Waals surface area contributed by atoms with Gasteiger partial charge >= 0.3 is 12.1 Å². The molecule has 1 heterocycles. The van der Waals surface area contributed by atoms with Crippen LogP contribution < -0.4 is 10.1 Å². The van der Waals surface area contributed by atoms with Crippen molar-refractivity contribution >= 4 is 5.97 Å². The molecule has 20 heavy (non-hydrogen) atoms. The van der Waals surface area contributed by atoms with E-state index in [0.29, 0.717) is 0 Å². The van der Waals surface area contributed by atoms with Crippen LogP contribution in [0.1, 0.15) is 16.8 Å².